The molecule has 0 radical (unpaired) electrons. The normalized spacial score (nSPS) is 11.4. The lowest BCUT2D eigenvalue weighted by Crippen LogP contribution is -2.17. The third-order valence-corrected chi connectivity index (χ3v) is 14.4. The first kappa shape index (κ1) is 38.7. The molecule has 2 heterocycles. The van der Waals surface area contributed by atoms with E-state index in [1.165, 1.54) is 51.5 Å². The zero-order valence-corrected chi connectivity index (χ0v) is 37.0. The van der Waals surface area contributed by atoms with Crippen LogP contribution in [-0.2, 0) is 0 Å². The molecule has 0 saturated carbocycles. The van der Waals surface area contributed by atoms with Crippen molar-refractivity contribution in [1.29, 1.82) is 0 Å². The van der Waals surface area contributed by atoms with E-state index in [2.05, 4.69) is 263 Å². The number of hydrogen-bond acceptors (Lipinski definition) is 5. The van der Waals surface area contributed by atoms with E-state index in [1.54, 1.807) is 0 Å². The second-order valence-electron chi connectivity index (χ2n) is 16.1. The molecular formula is C60H41N3S2. The molecule has 0 N–H and O–H groups in total. The van der Waals surface area contributed by atoms with Gasteiger partial charge < -0.3 is 14.7 Å². The Balaban J connectivity index is 1.10. The number of para-hydroxylation sites is 5. The number of benzene rings is 10. The quantitative estimate of drug-likeness (QED) is 0.136. The average molecular weight is 868 g/mol. The monoisotopic (exact) mass is 867 g/mol. The fourth-order valence-electron chi connectivity index (χ4n) is 9.25. The number of rotatable bonds is 10. The Labute approximate surface area is 386 Å². The second-order valence-corrected chi connectivity index (χ2v) is 18.3. The molecule has 0 fully saturated rings. The minimum absolute atomic E-state index is 1.09. The van der Waals surface area contributed by atoms with Gasteiger partial charge in [0, 0.05) is 80.2 Å². The van der Waals surface area contributed by atoms with Crippen LogP contribution in [0.15, 0.2) is 249 Å². The smallest absolute Gasteiger partial charge is 0.0796 e. The zero-order valence-electron chi connectivity index (χ0n) is 35.3. The van der Waals surface area contributed by atoms with E-state index in [9.17, 15) is 0 Å². The molecule has 0 atom stereocenters. The van der Waals surface area contributed by atoms with E-state index in [0.29, 0.717) is 0 Å². The van der Waals surface area contributed by atoms with Crippen molar-refractivity contribution in [2.24, 2.45) is 0 Å². The Morgan fingerprint density at radius 2 is 0.692 bits per heavy atom. The molecule has 65 heavy (non-hydrogen) atoms. The molecule has 2 aromatic heterocycles. The van der Waals surface area contributed by atoms with E-state index in [-0.39, 0.29) is 0 Å². The van der Waals surface area contributed by atoms with Crippen molar-refractivity contribution < 1.29 is 0 Å². The van der Waals surface area contributed by atoms with Gasteiger partial charge in [-0.15, -0.1) is 22.7 Å². The van der Waals surface area contributed by atoms with Crippen LogP contribution in [0.4, 0.5) is 51.2 Å². The van der Waals surface area contributed by atoms with Crippen LogP contribution in [0.5, 0.6) is 0 Å². The van der Waals surface area contributed by atoms with Crippen molar-refractivity contribution in [2.75, 3.05) is 14.7 Å². The van der Waals surface area contributed by atoms with Crippen LogP contribution in [0.25, 0.3) is 51.5 Å². The summed E-state index contributed by atoms with van der Waals surface area (Å²) >= 11 is 3.72. The second kappa shape index (κ2) is 16.6. The molecule has 5 heteroatoms. The molecular weight excluding hydrogens is 827 g/mol. The van der Waals surface area contributed by atoms with Gasteiger partial charge in [0.1, 0.15) is 0 Å². The predicted octanol–water partition coefficient (Wildman–Crippen LogP) is 18.5. The Kier molecular flexibility index (Phi) is 9.90. The Morgan fingerprint density at radius 3 is 1.28 bits per heavy atom. The maximum atomic E-state index is 2.50. The highest BCUT2D eigenvalue weighted by Gasteiger charge is 2.27. The minimum atomic E-state index is 1.09. The standard InChI is InChI=1S/C60H41N3S2/c1-7-19-42(20-8-1)43-31-34-52-57(39-43)65-56-38-36-54(62(46-25-13-4-14-26-46)47-27-15-5-16-28-47)60(59(52)56)63(48-29-17-6-18-30-48)50-32-35-51-53-40-49(33-37-55(53)64-58(51)41-50)61(44-21-9-2-10-22-44)45-23-11-3-12-24-45/h1-41H. The van der Waals surface area contributed by atoms with Crippen LogP contribution in [0.3, 0.4) is 0 Å². The van der Waals surface area contributed by atoms with Gasteiger partial charge >= 0.3 is 0 Å². The number of hydrogen-bond donors (Lipinski definition) is 0. The molecule has 0 saturated heterocycles. The van der Waals surface area contributed by atoms with Gasteiger partial charge in [0.15, 0.2) is 0 Å². The summed E-state index contributed by atoms with van der Waals surface area (Å²) in [4.78, 5) is 7.25. The minimum Gasteiger partial charge on any atom is -0.310 e. The molecule has 0 unspecified atom stereocenters. The molecule has 0 bridgehead atoms. The molecule has 0 aliphatic heterocycles. The Hall–Kier alpha value is -7.96. The first-order valence-electron chi connectivity index (χ1n) is 21.9. The lowest BCUT2D eigenvalue weighted by atomic mass is 10.0. The number of anilines is 9. The van der Waals surface area contributed by atoms with Crippen molar-refractivity contribution in [2.45, 2.75) is 0 Å². The van der Waals surface area contributed by atoms with E-state index in [0.717, 1.165) is 51.2 Å². The topological polar surface area (TPSA) is 9.72 Å². The highest BCUT2D eigenvalue weighted by atomic mass is 32.1. The van der Waals surface area contributed by atoms with Gasteiger partial charge in [-0.2, -0.15) is 0 Å². The van der Waals surface area contributed by atoms with Crippen molar-refractivity contribution >= 4 is 114 Å². The van der Waals surface area contributed by atoms with Crippen LogP contribution in [-0.4, -0.2) is 0 Å². The predicted molar refractivity (Wildman–Crippen MR) is 282 cm³/mol. The summed E-state index contributed by atoms with van der Waals surface area (Å²) in [5, 5.41) is 4.95. The number of nitrogens with zero attached hydrogens (tertiary/aromatic N) is 3. The zero-order chi connectivity index (χ0) is 43.1. The highest BCUT2D eigenvalue weighted by Crippen LogP contribution is 2.53. The lowest BCUT2D eigenvalue weighted by molar-refractivity contribution is 1.24. The van der Waals surface area contributed by atoms with Crippen molar-refractivity contribution in [1.82, 2.24) is 0 Å². The maximum Gasteiger partial charge on any atom is 0.0796 e. The van der Waals surface area contributed by atoms with Crippen molar-refractivity contribution in [3.8, 4) is 11.1 Å². The van der Waals surface area contributed by atoms with E-state index in [1.807, 2.05) is 22.7 Å². The molecule has 0 spiro atoms. The highest BCUT2D eigenvalue weighted by molar-refractivity contribution is 7.26. The third-order valence-electron chi connectivity index (χ3n) is 12.2. The summed E-state index contributed by atoms with van der Waals surface area (Å²) < 4.78 is 4.99. The molecule has 12 rings (SSSR count). The summed E-state index contributed by atoms with van der Waals surface area (Å²) in [6.45, 7) is 0. The van der Waals surface area contributed by atoms with Gasteiger partial charge in [-0.25, -0.2) is 0 Å². The van der Waals surface area contributed by atoms with Crippen LogP contribution in [0.2, 0.25) is 0 Å². The van der Waals surface area contributed by atoms with Crippen molar-refractivity contribution in [3.05, 3.63) is 249 Å². The fraction of sp³-hybridized carbons (Fsp3) is 0. The van der Waals surface area contributed by atoms with Gasteiger partial charge in [-0.05, 0) is 120 Å². The summed E-state index contributed by atoms with van der Waals surface area (Å²) in [6, 6.07) is 90.0. The summed E-state index contributed by atoms with van der Waals surface area (Å²) in [6.07, 6.45) is 0. The first-order valence-corrected chi connectivity index (χ1v) is 23.6. The van der Waals surface area contributed by atoms with E-state index in [4.69, 9.17) is 0 Å². The van der Waals surface area contributed by atoms with Crippen LogP contribution in [0, 0.1) is 0 Å². The van der Waals surface area contributed by atoms with Crippen LogP contribution in [0.1, 0.15) is 0 Å². The van der Waals surface area contributed by atoms with Gasteiger partial charge in [-0.1, -0.05) is 140 Å². The van der Waals surface area contributed by atoms with E-state index >= 15 is 0 Å². The van der Waals surface area contributed by atoms with Gasteiger partial charge in [0.2, 0.25) is 0 Å². The molecule has 0 aliphatic carbocycles. The van der Waals surface area contributed by atoms with E-state index < -0.39 is 0 Å². The van der Waals surface area contributed by atoms with Gasteiger partial charge in [-0.3, -0.25) is 0 Å². The van der Waals surface area contributed by atoms with Gasteiger partial charge in [0.25, 0.3) is 0 Å². The molecule has 0 amide bonds. The fourth-order valence-corrected chi connectivity index (χ4v) is 11.5. The molecule has 308 valence electrons. The summed E-state index contributed by atoms with van der Waals surface area (Å²) in [7, 11) is 0. The van der Waals surface area contributed by atoms with Crippen LogP contribution >= 0.6 is 22.7 Å². The SMILES string of the molecule is c1ccc(-c2ccc3c(c2)sc2ccc(N(c4ccccc4)c4ccccc4)c(N(c4ccccc4)c4ccc5c(c4)sc4ccc(N(c6ccccc6)c6ccccc6)cc45)c23)cc1. The number of fused-ring (bicyclic) bond motifs is 6. The molecule has 0 aliphatic rings. The van der Waals surface area contributed by atoms with Crippen LogP contribution < -0.4 is 14.7 Å². The van der Waals surface area contributed by atoms with Crippen molar-refractivity contribution in [3.63, 3.8) is 0 Å². The molecule has 10 aromatic carbocycles. The summed E-state index contributed by atoms with van der Waals surface area (Å²) in [5.41, 5.74) is 12.4. The Morgan fingerprint density at radius 1 is 0.246 bits per heavy atom. The Bertz CT molecular complexity index is 3510. The number of thiophene rings is 2. The molecule has 3 nitrogen and oxygen atoms in total. The van der Waals surface area contributed by atoms with Gasteiger partial charge in [0.05, 0.1) is 11.4 Å². The largest absolute Gasteiger partial charge is 0.310 e. The first-order chi connectivity index (χ1) is 32.2. The lowest BCUT2D eigenvalue weighted by Gasteiger charge is -2.34. The molecule has 12 aromatic rings. The third kappa shape index (κ3) is 7.08. The summed E-state index contributed by atoms with van der Waals surface area (Å²) in [5.74, 6) is 0. The maximum absolute atomic E-state index is 2.50. The average Bonchev–Trinajstić information content (AvgIpc) is 3.94.